The van der Waals surface area contributed by atoms with Crippen LogP contribution in [0.2, 0.25) is 5.02 Å². The summed E-state index contributed by atoms with van der Waals surface area (Å²) in [5.74, 6) is 0.503. The number of H-pyrrole nitrogens is 1. The minimum atomic E-state index is -0.256. The molecule has 0 aliphatic rings. The molecule has 4 rings (SSSR count). The van der Waals surface area contributed by atoms with E-state index in [-0.39, 0.29) is 17.6 Å². The molecule has 0 fully saturated rings. The zero-order valence-corrected chi connectivity index (χ0v) is 20.8. The molecule has 3 aromatic heterocycles. The van der Waals surface area contributed by atoms with E-state index < -0.39 is 0 Å². The van der Waals surface area contributed by atoms with Crippen molar-refractivity contribution in [2.75, 3.05) is 23.3 Å². The van der Waals surface area contributed by atoms with E-state index in [1.807, 2.05) is 44.3 Å². The molecule has 0 aliphatic carbocycles. The number of rotatable bonds is 7. The normalized spacial score (nSPS) is 11.7. The molecule has 1 aromatic carbocycles. The van der Waals surface area contributed by atoms with Gasteiger partial charge in [0.05, 0.1) is 5.75 Å². The van der Waals surface area contributed by atoms with Gasteiger partial charge >= 0.3 is 0 Å². The van der Waals surface area contributed by atoms with Crippen LogP contribution in [0.4, 0.5) is 11.1 Å². The molecule has 0 saturated carbocycles. The summed E-state index contributed by atoms with van der Waals surface area (Å²) in [6.07, 6.45) is 2.59. The Kier molecular flexibility index (Phi) is 7.60. The Morgan fingerprint density at radius 2 is 2.03 bits per heavy atom. The van der Waals surface area contributed by atoms with E-state index in [2.05, 4.69) is 40.8 Å². The first kappa shape index (κ1) is 23.9. The van der Waals surface area contributed by atoms with E-state index in [0.717, 1.165) is 27.9 Å². The number of aromatic amines is 1. The number of aromatic nitrogens is 5. The van der Waals surface area contributed by atoms with Gasteiger partial charge in [0.1, 0.15) is 0 Å². The molecule has 10 nitrogen and oxygen atoms in total. The largest absolute Gasteiger partial charge is 0.374 e. The van der Waals surface area contributed by atoms with Crippen LogP contribution in [-0.2, 0) is 11.2 Å². The number of guanidine groups is 1. The van der Waals surface area contributed by atoms with Crippen LogP contribution in [0.15, 0.2) is 39.8 Å². The summed E-state index contributed by atoms with van der Waals surface area (Å²) < 4.78 is 0.620. The maximum Gasteiger partial charge on any atom is 0.237 e. The number of nitrogens with one attached hydrogen (secondary N) is 3. The van der Waals surface area contributed by atoms with Crippen LogP contribution in [0.1, 0.15) is 17.0 Å². The number of nitrogens with two attached hydrogens (primary N) is 1. The third-order valence-electron chi connectivity index (χ3n) is 4.60. The molecule has 13 heteroatoms. The van der Waals surface area contributed by atoms with Gasteiger partial charge in [-0.3, -0.25) is 20.4 Å². The molecule has 0 aliphatic heterocycles. The fourth-order valence-corrected chi connectivity index (χ4v) is 4.83. The number of carbonyl (C=O) groups is 1. The van der Waals surface area contributed by atoms with E-state index in [1.165, 1.54) is 23.1 Å². The minimum absolute atomic E-state index is 0.129. The summed E-state index contributed by atoms with van der Waals surface area (Å²) >= 11 is 8.63. The molecule has 1 amide bonds. The highest BCUT2D eigenvalue weighted by Gasteiger charge is 2.12. The zero-order valence-electron chi connectivity index (χ0n) is 18.4. The van der Waals surface area contributed by atoms with Gasteiger partial charge in [0.25, 0.3) is 0 Å². The Bertz CT molecular complexity index is 1330. The highest BCUT2D eigenvalue weighted by Crippen LogP contribution is 2.24. The first-order valence-corrected chi connectivity index (χ1v) is 12.4. The van der Waals surface area contributed by atoms with Crippen molar-refractivity contribution in [1.82, 2.24) is 30.5 Å². The molecule has 0 spiro atoms. The second-order valence-electron chi connectivity index (χ2n) is 7.33. The van der Waals surface area contributed by atoms with Gasteiger partial charge in [-0.2, -0.15) is 0 Å². The Morgan fingerprint density at radius 3 is 2.76 bits per heavy atom. The van der Waals surface area contributed by atoms with Gasteiger partial charge in [-0.25, -0.2) is 9.97 Å². The number of aryl methyl sites for hydroxylation is 2. The van der Waals surface area contributed by atoms with Crippen LogP contribution < -0.4 is 16.4 Å². The predicted octanol–water partition coefficient (Wildman–Crippen LogP) is 3.58. The van der Waals surface area contributed by atoms with Crippen LogP contribution in [0.3, 0.4) is 0 Å². The Labute approximate surface area is 208 Å². The average molecular weight is 516 g/mol. The highest BCUT2D eigenvalue weighted by atomic mass is 35.5. The SMILES string of the molecule is Cc1cc(C)nc(NC(=NCCc2c[nH]c3ccc(Cl)cc23)NC(=O)CSc2nnc(N)s2)n1. The van der Waals surface area contributed by atoms with Gasteiger partial charge < -0.3 is 10.7 Å². The maximum absolute atomic E-state index is 12.6. The summed E-state index contributed by atoms with van der Waals surface area (Å²) in [6.45, 7) is 4.18. The van der Waals surface area contributed by atoms with Crippen molar-refractivity contribution < 1.29 is 4.79 Å². The molecule has 3 heterocycles. The molecular weight excluding hydrogens is 494 g/mol. The number of nitrogen functional groups attached to an aromatic ring is 1. The molecule has 0 atom stereocenters. The lowest BCUT2D eigenvalue weighted by Crippen LogP contribution is -2.38. The number of fused-ring (bicyclic) bond motifs is 1. The summed E-state index contributed by atoms with van der Waals surface area (Å²) in [5, 5.41) is 15.6. The van der Waals surface area contributed by atoms with Crippen LogP contribution in [0.5, 0.6) is 0 Å². The van der Waals surface area contributed by atoms with Gasteiger partial charge in [-0.1, -0.05) is 34.7 Å². The van der Waals surface area contributed by atoms with E-state index >= 15 is 0 Å². The molecule has 0 unspecified atom stereocenters. The Hall–Kier alpha value is -3.22. The van der Waals surface area contributed by atoms with Gasteiger partial charge in [-0.15, -0.1) is 10.2 Å². The van der Waals surface area contributed by atoms with Crippen LogP contribution in [0.25, 0.3) is 10.9 Å². The average Bonchev–Trinajstić information content (AvgIpc) is 3.37. The van der Waals surface area contributed by atoms with E-state index in [0.29, 0.717) is 33.4 Å². The third kappa shape index (κ3) is 6.43. The molecule has 34 heavy (non-hydrogen) atoms. The highest BCUT2D eigenvalue weighted by molar-refractivity contribution is 8.01. The van der Waals surface area contributed by atoms with Crippen molar-refractivity contribution >= 4 is 68.5 Å². The molecule has 0 radical (unpaired) electrons. The molecule has 4 aromatic rings. The second-order valence-corrected chi connectivity index (χ2v) is 9.99. The topological polar surface area (TPSA) is 147 Å². The van der Waals surface area contributed by atoms with Crippen molar-refractivity contribution in [2.24, 2.45) is 4.99 Å². The number of nitrogens with zero attached hydrogens (tertiary/aromatic N) is 5. The van der Waals surface area contributed by atoms with Crippen LogP contribution in [0, 0.1) is 13.8 Å². The molecule has 176 valence electrons. The van der Waals surface area contributed by atoms with Crippen LogP contribution >= 0.6 is 34.7 Å². The fraction of sp³-hybridized carbons (Fsp3) is 0.238. The van der Waals surface area contributed by atoms with Gasteiger partial charge in [-0.05, 0) is 50.1 Å². The van der Waals surface area contributed by atoms with E-state index in [9.17, 15) is 4.79 Å². The van der Waals surface area contributed by atoms with Crippen molar-refractivity contribution in [3.8, 4) is 0 Å². The summed E-state index contributed by atoms with van der Waals surface area (Å²) in [6, 6.07) is 7.58. The van der Waals surface area contributed by atoms with Crippen molar-refractivity contribution in [3.63, 3.8) is 0 Å². The summed E-state index contributed by atoms with van der Waals surface area (Å²) in [7, 11) is 0. The molecule has 0 saturated heterocycles. The first-order chi connectivity index (χ1) is 16.4. The van der Waals surface area contributed by atoms with Gasteiger partial charge in [0, 0.05) is 40.1 Å². The van der Waals surface area contributed by atoms with Gasteiger partial charge in [0.15, 0.2) is 4.34 Å². The summed E-state index contributed by atoms with van der Waals surface area (Å²) in [4.78, 5) is 29.1. The monoisotopic (exact) mass is 515 g/mol. The molecule has 5 N–H and O–H groups in total. The lowest BCUT2D eigenvalue weighted by Gasteiger charge is -2.11. The minimum Gasteiger partial charge on any atom is -0.374 e. The third-order valence-corrected chi connectivity index (χ3v) is 6.72. The Morgan fingerprint density at radius 1 is 1.24 bits per heavy atom. The summed E-state index contributed by atoms with van der Waals surface area (Å²) in [5.41, 5.74) is 9.29. The standard InChI is InChI=1S/C21H22ClN9OS2/c1-11-7-12(2)27-20(26-11)29-19(28-17(32)10-33-21-31-30-18(23)34-21)24-6-5-13-9-25-16-4-3-14(22)8-15(13)16/h3-4,7-9,25H,5-6,10H2,1-2H3,(H2,23,30)(H2,24,26,27,28,29,32). The first-order valence-electron chi connectivity index (χ1n) is 10.3. The van der Waals surface area contributed by atoms with E-state index in [4.69, 9.17) is 17.3 Å². The van der Waals surface area contributed by atoms with Gasteiger partial charge in [0.2, 0.25) is 22.9 Å². The predicted molar refractivity (Wildman–Crippen MR) is 138 cm³/mol. The maximum atomic E-state index is 12.6. The number of thioether (sulfide) groups is 1. The number of hydrogen-bond donors (Lipinski definition) is 4. The van der Waals surface area contributed by atoms with Crippen molar-refractivity contribution in [3.05, 3.63) is 52.4 Å². The molecule has 0 bridgehead atoms. The Balaban J connectivity index is 1.46. The number of aliphatic imine (C=N–C) groups is 1. The number of carbonyl (C=O) groups excluding carboxylic acids is 1. The molecular formula is C21H22ClN9OS2. The number of halogens is 1. The smallest absolute Gasteiger partial charge is 0.237 e. The zero-order chi connectivity index (χ0) is 24.1. The van der Waals surface area contributed by atoms with Crippen molar-refractivity contribution in [2.45, 2.75) is 24.6 Å². The number of hydrogen-bond acceptors (Lipinski definition) is 9. The quantitative estimate of drug-likeness (QED) is 0.166. The lowest BCUT2D eigenvalue weighted by atomic mass is 10.1. The second kappa shape index (κ2) is 10.8. The van der Waals surface area contributed by atoms with Crippen molar-refractivity contribution in [1.29, 1.82) is 0 Å². The lowest BCUT2D eigenvalue weighted by molar-refractivity contribution is -0.117. The fourth-order valence-electron chi connectivity index (χ4n) is 3.22. The van der Waals surface area contributed by atoms with Crippen LogP contribution in [-0.4, -0.2) is 49.3 Å². The number of anilines is 2. The number of benzene rings is 1. The van der Waals surface area contributed by atoms with E-state index in [1.54, 1.807) is 0 Å². The number of amides is 1.